The lowest BCUT2D eigenvalue weighted by Crippen LogP contribution is -2.26. The third-order valence-electron chi connectivity index (χ3n) is 6.25. The van der Waals surface area contributed by atoms with E-state index in [0.29, 0.717) is 22.9 Å². The molecular formula is C28H35N7OS. The van der Waals surface area contributed by atoms with Crippen LogP contribution in [0.25, 0.3) is 10.7 Å². The normalized spacial score (nSPS) is 18.8. The van der Waals surface area contributed by atoms with Crippen molar-refractivity contribution in [3.8, 4) is 10.7 Å². The van der Waals surface area contributed by atoms with Gasteiger partial charge in [0.25, 0.3) is 5.91 Å². The number of hydrogen-bond acceptors (Lipinski definition) is 7. The average molecular weight is 518 g/mol. The van der Waals surface area contributed by atoms with Gasteiger partial charge in [-0.25, -0.2) is 10.4 Å². The highest BCUT2D eigenvalue weighted by atomic mass is 32.1. The van der Waals surface area contributed by atoms with Crippen LogP contribution < -0.4 is 16.2 Å². The number of amides is 1. The van der Waals surface area contributed by atoms with Gasteiger partial charge in [0.1, 0.15) is 10.7 Å². The predicted octanol–water partition coefficient (Wildman–Crippen LogP) is 4.63. The second-order valence-corrected chi connectivity index (χ2v) is 10.1. The molecule has 4 N–H and O–H groups in total. The molecule has 2 aromatic rings. The first-order chi connectivity index (χ1) is 18.0. The van der Waals surface area contributed by atoms with Gasteiger partial charge in [0.05, 0.1) is 11.4 Å². The highest BCUT2D eigenvalue weighted by molar-refractivity contribution is 7.13. The highest BCUT2D eigenvalue weighted by Gasteiger charge is 2.16. The van der Waals surface area contributed by atoms with Crippen LogP contribution in [0.1, 0.15) is 43.1 Å². The first kappa shape index (κ1) is 26.5. The Labute approximate surface area is 222 Å². The molecule has 1 amide bonds. The number of allylic oxidation sites excluding steroid dienone is 5. The maximum atomic E-state index is 13.1. The Hall–Kier alpha value is -3.53. The van der Waals surface area contributed by atoms with Crippen molar-refractivity contribution in [2.75, 3.05) is 26.2 Å². The van der Waals surface area contributed by atoms with Gasteiger partial charge in [-0.1, -0.05) is 50.3 Å². The Morgan fingerprint density at radius 2 is 2.00 bits per heavy atom. The van der Waals surface area contributed by atoms with Crippen LogP contribution in [0, 0.1) is 0 Å². The van der Waals surface area contributed by atoms with Crippen LogP contribution in [-0.2, 0) is 0 Å². The van der Waals surface area contributed by atoms with Gasteiger partial charge in [-0.3, -0.25) is 14.8 Å². The molecular weight excluding hydrogens is 482 g/mol. The smallest absolute Gasteiger partial charge is 0.275 e. The maximum Gasteiger partial charge on any atom is 0.275 e. The molecule has 0 radical (unpaired) electrons. The number of carbonyl (C=O) groups is 1. The van der Waals surface area contributed by atoms with Crippen LogP contribution in [0.3, 0.4) is 0 Å². The number of hydrogen-bond donors (Lipinski definition) is 4. The van der Waals surface area contributed by atoms with Crippen LogP contribution in [0.5, 0.6) is 0 Å². The zero-order valence-corrected chi connectivity index (χ0v) is 22.2. The van der Waals surface area contributed by atoms with Crippen LogP contribution in [0.4, 0.5) is 0 Å². The van der Waals surface area contributed by atoms with Crippen molar-refractivity contribution < 1.29 is 4.79 Å². The standard InChI is InChI=1S/C28H35N7OS/c1-20(18-35-14-8-4-5-9-15-35)10-6-7-11-21(2)24(16-25-22(3)17-30-34-25)31-27(36)26-19-37-28(32-26)23-12-13-29-33-23/h6-7,10-13,16,19,30,34H,1,3-5,8-9,14-15,17-18H2,2H3,(H,29,33)(H,31,36)/b10-6-,11-7+,24-21-,25-16+. The van der Waals surface area contributed by atoms with E-state index in [1.54, 1.807) is 11.6 Å². The molecule has 0 unspecified atom stereocenters. The van der Waals surface area contributed by atoms with Gasteiger partial charge in [0, 0.05) is 30.4 Å². The van der Waals surface area contributed by atoms with Crippen molar-refractivity contribution >= 4 is 17.2 Å². The van der Waals surface area contributed by atoms with Crippen molar-refractivity contribution in [2.24, 2.45) is 0 Å². The first-order valence-corrected chi connectivity index (χ1v) is 13.5. The lowest BCUT2D eigenvalue weighted by atomic mass is 10.1. The van der Waals surface area contributed by atoms with Crippen LogP contribution in [0.15, 0.2) is 89.3 Å². The van der Waals surface area contributed by atoms with Crippen molar-refractivity contribution in [2.45, 2.75) is 32.6 Å². The molecule has 2 aliphatic rings. The number of H-pyrrole nitrogens is 1. The first-order valence-electron chi connectivity index (χ1n) is 12.6. The predicted molar refractivity (Wildman–Crippen MR) is 151 cm³/mol. The molecule has 0 aromatic carbocycles. The van der Waals surface area contributed by atoms with E-state index in [2.05, 4.69) is 55.5 Å². The Morgan fingerprint density at radius 3 is 2.70 bits per heavy atom. The molecule has 4 heterocycles. The number of hydrazine groups is 1. The highest BCUT2D eigenvalue weighted by Crippen LogP contribution is 2.22. The SMILES string of the molecule is C=C(\C=C/C=C/C(C)=C(/C=C1/NNCC1=C)NC(=O)c1csc(-c2ccn[nH]2)n1)CN1CCCCCC1. The molecule has 9 heteroatoms. The maximum absolute atomic E-state index is 13.1. The number of aromatic amines is 1. The topological polar surface area (TPSA) is 98.0 Å². The third-order valence-corrected chi connectivity index (χ3v) is 7.13. The second kappa shape index (κ2) is 13.1. The van der Waals surface area contributed by atoms with E-state index in [-0.39, 0.29) is 5.91 Å². The molecule has 0 atom stereocenters. The van der Waals surface area contributed by atoms with E-state index < -0.39 is 0 Å². The zero-order valence-electron chi connectivity index (χ0n) is 21.3. The Morgan fingerprint density at radius 1 is 1.22 bits per heavy atom. The summed E-state index contributed by atoms with van der Waals surface area (Å²) >= 11 is 1.39. The van der Waals surface area contributed by atoms with Gasteiger partial charge < -0.3 is 10.7 Å². The average Bonchev–Trinajstić information content (AvgIpc) is 3.63. The molecule has 0 aliphatic carbocycles. The number of nitrogens with zero attached hydrogens (tertiary/aromatic N) is 3. The molecule has 2 fully saturated rings. The number of thiazole rings is 1. The molecule has 2 aromatic heterocycles. The molecule has 0 spiro atoms. The van der Waals surface area contributed by atoms with Gasteiger partial charge in [0.15, 0.2) is 0 Å². The van der Waals surface area contributed by atoms with E-state index in [1.807, 2.05) is 37.3 Å². The van der Waals surface area contributed by atoms with Crippen molar-refractivity contribution in [3.63, 3.8) is 0 Å². The van der Waals surface area contributed by atoms with Gasteiger partial charge in [-0.2, -0.15) is 5.10 Å². The van der Waals surface area contributed by atoms with E-state index in [1.165, 1.54) is 37.0 Å². The number of aromatic nitrogens is 3. The molecule has 8 nitrogen and oxygen atoms in total. The summed E-state index contributed by atoms with van der Waals surface area (Å²) in [6.07, 6.45) is 16.8. The molecule has 0 saturated carbocycles. The van der Waals surface area contributed by atoms with Crippen LogP contribution in [0.2, 0.25) is 0 Å². The van der Waals surface area contributed by atoms with Gasteiger partial charge in [-0.05, 0) is 61.7 Å². The molecule has 2 saturated heterocycles. The van der Waals surface area contributed by atoms with Crippen LogP contribution in [-0.4, -0.2) is 52.2 Å². The van der Waals surface area contributed by atoms with Crippen LogP contribution >= 0.6 is 11.3 Å². The lowest BCUT2D eigenvalue weighted by molar-refractivity contribution is 0.0962. The minimum Gasteiger partial charge on any atom is -0.321 e. The molecule has 37 heavy (non-hydrogen) atoms. The summed E-state index contributed by atoms with van der Waals surface area (Å²) in [5.41, 5.74) is 11.7. The largest absolute Gasteiger partial charge is 0.321 e. The third kappa shape index (κ3) is 7.72. The summed E-state index contributed by atoms with van der Waals surface area (Å²) < 4.78 is 0. The number of likely N-dealkylation sites (tertiary alicyclic amines) is 1. The van der Waals surface area contributed by atoms with Crippen molar-refractivity contribution in [1.82, 2.24) is 36.2 Å². The summed E-state index contributed by atoms with van der Waals surface area (Å²) in [6.45, 7) is 14.1. The lowest BCUT2D eigenvalue weighted by Gasteiger charge is -2.19. The van der Waals surface area contributed by atoms with E-state index in [0.717, 1.165) is 47.7 Å². The molecule has 2 aliphatic heterocycles. The number of rotatable bonds is 9. The van der Waals surface area contributed by atoms with E-state index in [9.17, 15) is 4.79 Å². The Kier molecular flexibility index (Phi) is 9.42. The molecule has 0 bridgehead atoms. The zero-order chi connectivity index (χ0) is 26.0. The van der Waals surface area contributed by atoms with Crippen molar-refractivity contribution in [1.29, 1.82) is 0 Å². The monoisotopic (exact) mass is 517 g/mol. The number of nitrogens with one attached hydrogen (secondary N) is 4. The van der Waals surface area contributed by atoms with E-state index >= 15 is 0 Å². The summed E-state index contributed by atoms with van der Waals surface area (Å²) in [5.74, 6) is -0.278. The van der Waals surface area contributed by atoms with Crippen molar-refractivity contribution in [3.05, 3.63) is 95.0 Å². The quantitative estimate of drug-likeness (QED) is 0.362. The van der Waals surface area contributed by atoms with Gasteiger partial charge in [-0.15, -0.1) is 11.3 Å². The minimum absolute atomic E-state index is 0.278. The number of carbonyl (C=O) groups excluding carboxylic acids is 1. The summed E-state index contributed by atoms with van der Waals surface area (Å²) in [5, 5.41) is 12.3. The van der Waals surface area contributed by atoms with E-state index in [4.69, 9.17) is 0 Å². The Balaban J connectivity index is 1.45. The minimum atomic E-state index is -0.278. The fourth-order valence-electron chi connectivity index (χ4n) is 4.14. The fourth-order valence-corrected chi connectivity index (χ4v) is 4.91. The van der Waals surface area contributed by atoms with Gasteiger partial charge >= 0.3 is 0 Å². The fraction of sp³-hybridized carbons (Fsp3) is 0.321. The summed E-state index contributed by atoms with van der Waals surface area (Å²) in [4.78, 5) is 20.0. The molecule has 194 valence electrons. The molecule has 4 rings (SSSR count). The Bertz CT molecular complexity index is 1230. The second-order valence-electron chi connectivity index (χ2n) is 9.27. The van der Waals surface area contributed by atoms with Gasteiger partial charge in [0.2, 0.25) is 0 Å². The summed E-state index contributed by atoms with van der Waals surface area (Å²) in [7, 11) is 0. The summed E-state index contributed by atoms with van der Waals surface area (Å²) in [6, 6.07) is 1.83.